The molecule has 0 saturated heterocycles. The molecular formula is C18H16Cl2N2O2. The minimum Gasteiger partial charge on any atom is -0.345 e. The first kappa shape index (κ1) is 18.0. The molecule has 0 aromatic heterocycles. The lowest BCUT2D eigenvalue weighted by atomic mass is 10.2. The van der Waals surface area contributed by atoms with Gasteiger partial charge in [0.15, 0.2) is 0 Å². The number of nitrogens with one attached hydrogen (secondary N) is 1. The van der Waals surface area contributed by atoms with Gasteiger partial charge >= 0.3 is 0 Å². The van der Waals surface area contributed by atoms with E-state index in [-0.39, 0.29) is 11.8 Å². The fourth-order valence-corrected chi connectivity index (χ4v) is 2.41. The molecule has 0 aliphatic rings. The van der Waals surface area contributed by atoms with Crippen LogP contribution in [0.5, 0.6) is 0 Å². The first-order valence-electron chi connectivity index (χ1n) is 7.12. The van der Waals surface area contributed by atoms with Gasteiger partial charge in [0.25, 0.3) is 5.91 Å². The Morgan fingerprint density at radius 1 is 1.04 bits per heavy atom. The zero-order valence-corrected chi connectivity index (χ0v) is 14.7. The van der Waals surface area contributed by atoms with Crippen molar-refractivity contribution in [2.45, 2.75) is 0 Å². The predicted octanol–water partition coefficient (Wildman–Crippen LogP) is 4.35. The van der Waals surface area contributed by atoms with Crippen LogP contribution in [-0.2, 0) is 4.79 Å². The Labute approximate surface area is 150 Å². The fraction of sp³-hybridized carbons (Fsp3) is 0.111. The van der Waals surface area contributed by atoms with Crippen LogP contribution in [0.25, 0.3) is 6.08 Å². The van der Waals surface area contributed by atoms with Gasteiger partial charge in [0, 0.05) is 41.5 Å². The van der Waals surface area contributed by atoms with E-state index in [1.807, 2.05) is 0 Å². The van der Waals surface area contributed by atoms with Crippen LogP contribution in [0, 0.1) is 0 Å². The summed E-state index contributed by atoms with van der Waals surface area (Å²) in [5.74, 6) is -0.391. The molecule has 0 atom stereocenters. The maximum absolute atomic E-state index is 11.9. The average molecular weight is 363 g/mol. The largest absolute Gasteiger partial charge is 0.345 e. The molecule has 6 heteroatoms. The molecule has 0 heterocycles. The molecule has 0 bridgehead atoms. The number of nitrogens with zero attached hydrogens (tertiary/aromatic N) is 1. The molecule has 2 amide bonds. The molecule has 124 valence electrons. The number of carbonyl (C=O) groups excluding carboxylic acids is 2. The van der Waals surface area contributed by atoms with Crippen LogP contribution >= 0.6 is 23.2 Å². The van der Waals surface area contributed by atoms with Crippen molar-refractivity contribution in [3.63, 3.8) is 0 Å². The lowest BCUT2D eigenvalue weighted by molar-refractivity contribution is -0.111. The van der Waals surface area contributed by atoms with Crippen LogP contribution in [0.4, 0.5) is 5.69 Å². The summed E-state index contributed by atoms with van der Waals surface area (Å²) in [4.78, 5) is 25.2. The van der Waals surface area contributed by atoms with E-state index in [1.165, 1.54) is 11.0 Å². The molecule has 0 unspecified atom stereocenters. The summed E-state index contributed by atoms with van der Waals surface area (Å²) >= 11 is 11.9. The second kappa shape index (κ2) is 7.99. The van der Waals surface area contributed by atoms with Crippen molar-refractivity contribution < 1.29 is 9.59 Å². The van der Waals surface area contributed by atoms with E-state index in [1.54, 1.807) is 62.6 Å². The maximum Gasteiger partial charge on any atom is 0.253 e. The van der Waals surface area contributed by atoms with Gasteiger partial charge in [-0.2, -0.15) is 0 Å². The molecule has 2 aromatic carbocycles. The minimum absolute atomic E-state index is 0.0925. The van der Waals surface area contributed by atoms with Gasteiger partial charge in [0.1, 0.15) is 0 Å². The molecule has 2 aromatic rings. The Hall–Kier alpha value is -2.30. The van der Waals surface area contributed by atoms with E-state index in [4.69, 9.17) is 23.2 Å². The number of hydrogen-bond donors (Lipinski definition) is 1. The summed E-state index contributed by atoms with van der Waals surface area (Å²) in [7, 11) is 3.37. The number of halogens is 2. The Kier molecular flexibility index (Phi) is 6.01. The Morgan fingerprint density at radius 3 is 2.29 bits per heavy atom. The van der Waals surface area contributed by atoms with Gasteiger partial charge in [-0.1, -0.05) is 29.3 Å². The second-order valence-corrected chi connectivity index (χ2v) is 6.11. The van der Waals surface area contributed by atoms with Crippen molar-refractivity contribution in [1.29, 1.82) is 0 Å². The molecule has 2 rings (SSSR count). The molecule has 24 heavy (non-hydrogen) atoms. The molecule has 1 N–H and O–H groups in total. The number of rotatable bonds is 4. The summed E-state index contributed by atoms with van der Waals surface area (Å²) < 4.78 is 0. The molecule has 0 saturated carbocycles. The summed E-state index contributed by atoms with van der Waals surface area (Å²) in [6.45, 7) is 0. The van der Waals surface area contributed by atoms with Gasteiger partial charge in [-0.25, -0.2) is 0 Å². The summed E-state index contributed by atoms with van der Waals surface area (Å²) in [6, 6.07) is 11.7. The van der Waals surface area contributed by atoms with E-state index >= 15 is 0 Å². The van der Waals surface area contributed by atoms with Gasteiger partial charge < -0.3 is 10.2 Å². The third-order valence-electron chi connectivity index (χ3n) is 3.18. The van der Waals surface area contributed by atoms with E-state index in [0.717, 1.165) is 0 Å². The lowest BCUT2D eigenvalue weighted by Gasteiger charge is -2.10. The number of hydrogen-bond acceptors (Lipinski definition) is 2. The van der Waals surface area contributed by atoms with Crippen molar-refractivity contribution in [2.75, 3.05) is 19.4 Å². The van der Waals surface area contributed by atoms with Crippen molar-refractivity contribution in [2.24, 2.45) is 0 Å². The Bertz CT molecular complexity index is 784. The van der Waals surface area contributed by atoms with Gasteiger partial charge in [-0.15, -0.1) is 0 Å². The van der Waals surface area contributed by atoms with Crippen LogP contribution in [0.15, 0.2) is 48.5 Å². The Balaban J connectivity index is 2.02. The SMILES string of the molecule is CN(C)C(=O)c1ccc(NC(=O)/C=C/c2ccc(Cl)cc2Cl)cc1. The maximum atomic E-state index is 11.9. The second-order valence-electron chi connectivity index (χ2n) is 5.27. The van der Waals surface area contributed by atoms with Gasteiger partial charge in [0.05, 0.1) is 0 Å². The molecule has 4 nitrogen and oxygen atoms in total. The van der Waals surface area contributed by atoms with Crippen LogP contribution in [0.2, 0.25) is 10.0 Å². The van der Waals surface area contributed by atoms with Crippen molar-refractivity contribution in [1.82, 2.24) is 4.90 Å². The first-order chi connectivity index (χ1) is 11.4. The van der Waals surface area contributed by atoms with Gasteiger partial charge in [-0.3, -0.25) is 9.59 Å². The number of anilines is 1. The predicted molar refractivity (Wildman–Crippen MR) is 98.6 cm³/mol. The molecule has 0 radical (unpaired) electrons. The first-order valence-corrected chi connectivity index (χ1v) is 7.88. The highest BCUT2D eigenvalue weighted by Gasteiger charge is 2.07. The third kappa shape index (κ3) is 4.85. The van der Waals surface area contributed by atoms with Crippen LogP contribution in [0.3, 0.4) is 0 Å². The number of amides is 2. The standard InChI is InChI=1S/C18H16Cl2N2O2/c1-22(2)18(24)13-4-8-15(9-5-13)21-17(23)10-6-12-3-7-14(19)11-16(12)20/h3-11H,1-2H3,(H,21,23)/b10-6+. The molecule has 0 fully saturated rings. The number of carbonyl (C=O) groups is 2. The van der Waals surface area contributed by atoms with E-state index in [2.05, 4.69) is 5.32 Å². The minimum atomic E-state index is -0.298. The van der Waals surface area contributed by atoms with Gasteiger partial charge in [-0.05, 0) is 48.0 Å². The monoisotopic (exact) mass is 362 g/mol. The smallest absolute Gasteiger partial charge is 0.253 e. The normalized spacial score (nSPS) is 10.7. The van der Waals surface area contributed by atoms with E-state index in [9.17, 15) is 9.59 Å². The van der Waals surface area contributed by atoms with Gasteiger partial charge in [0.2, 0.25) is 5.91 Å². The van der Waals surface area contributed by atoms with Crippen LogP contribution in [0.1, 0.15) is 15.9 Å². The number of benzene rings is 2. The Morgan fingerprint density at radius 2 is 1.71 bits per heavy atom. The topological polar surface area (TPSA) is 49.4 Å². The zero-order chi connectivity index (χ0) is 17.7. The molecule has 0 aliphatic carbocycles. The summed E-state index contributed by atoms with van der Waals surface area (Å²) in [5, 5.41) is 3.73. The highest BCUT2D eigenvalue weighted by molar-refractivity contribution is 6.35. The zero-order valence-electron chi connectivity index (χ0n) is 13.2. The lowest BCUT2D eigenvalue weighted by Crippen LogP contribution is -2.21. The van der Waals surface area contributed by atoms with E-state index < -0.39 is 0 Å². The van der Waals surface area contributed by atoms with Crippen molar-refractivity contribution >= 4 is 46.8 Å². The van der Waals surface area contributed by atoms with E-state index in [0.29, 0.717) is 26.9 Å². The summed E-state index contributed by atoms with van der Waals surface area (Å²) in [6.07, 6.45) is 2.99. The highest BCUT2D eigenvalue weighted by atomic mass is 35.5. The quantitative estimate of drug-likeness (QED) is 0.822. The third-order valence-corrected chi connectivity index (χ3v) is 3.74. The highest BCUT2D eigenvalue weighted by Crippen LogP contribution is 2.22. The van der Waals surface area contributed by atoms with Crippen molar-refractivity contribution in [3.8, 4) is 0 Å². The summed E-state index contributed by atoms with van der Waals surface area (Å²) in [5.41, 5.74) is 1.85. The van der Waals surface area contributed by atoms with Crippen LogP contribution in [-0.4, -0.2) is 30.8 Å². The molecule has 0 aliphatic heterocycles. The molecular weight excluding hydrogens is 347 g/mol. The molecule has 0 spiro atoms. The average Bonchev–Trinajstić information content (AvgIpc) is 2.54. The van der Waals surface area contributed by atoms with Crippen molar-refractivity contribution in [3.05, 3.63) is 69.7 Å². The van der Waals surface area contributed by atoms with Crippen LogP contribution < -0.4 is 5.32 Å². The fourth-order valence-electron chi connectivity index (χ4n) is 1.94.